The van der Waals surface area contributed by atoms with Crippen molar-refractivity contribution in [3.05, 3.63) is 243 Å². The first kappa shape index (κ1) is 220. The van der Waals surface area contributed by atoms with Crippen LogP contribution in [0.4, 0.5) is 0 Å². The van der Waals surface area contributed by atoms with Crippen molar-refractivity contribution >= 4 is 81.9 Å². The van der Waals surface area contributed by atoms with E-state index >= 15 is 0 Å². The van der Waals surface area contributed by atoms with Gasteiger partial charge in [0.15, 0.2) is 0 Å². The fourth-order valence-corrected chi connectivity index (χ4v) is 0. The zero-order valence-electron chi connectivity index (χ0n) is 33.2. The van der Waals surface area contributed by atoms with E-state index in [0.29, 0.717) is 0 Å². The average Bonchev–Trinajstić information content (AvgIpc) is 3.25. The van der Waals surface area contributed by atoms with E-state index in [9.17, 15) is 0 Å². The van der Waals surface area contributed by atoms with Gasteiger partial charge < -0.3 is 243 Å². The van der Waals surface area contributed by atoms with Crippen LogP contribution in [0, 0.1) is 243 Å². The quantitative estimate of drug-likeness (QED) is 0.177. The molecule has 0 aliphatic heterocycles. The van der Waals surface area contributed by atoms with E-state index in [1.54, 1.807) is 0 Å². The van der Waals surface area contributed by atoms with Crippen molar-refractivity contribution in [3.63, 3.8) is 0 Å². The Morgan fingerprint density at radius 2 is 0.101 bits per heavy atom. The van der Waals surface area contributed by atoms with Gasteiger partial charge in [-0.3, -0.25) is 0 Å². The van der Waals surface area contributed by atoms with Gasteiger partial charge in [0.25, 0.3) is 0 Å². The number of nitrogens with zero attached hydrogens (tertiary/aromatic N) is 24. The normalized spacial score (nSPS) is 3.65. The number of rotatable bonds is 0. The molecule has 0 aromatic heterocycles. The molecular weight excluding hydrogens is 1960 g/mol. The summed E-state index contributed by atoms with van der Waals surface area (Å²) in [5.74, 6) is 0. The smallest absolute Gasteiger partial charge is 0 e. The van der Waals surface area contributed by atoms with Gasteiger partial charge in [-0.25, -0.2) is 0 Å². The zero-order chi connectivity index (χ0) is 65.0. The summed E-state index contributed by atoms with van der Waals surface area (Å²) in [6.45, 7) is 0. The van der Waals surface area contributed by atoms with Gasteiger partial charge in [-0.2, -0.15) is 0 Å². The minimum absolute atomic E-state index is 0. The molecule has 0 saturated heterocycles. The Hall–Kier alpha value is -9.61. The van der Waals surface area contributed by atoms with Crippen LogP contribution in [0.1, 0.15) is 0 Å². The summed E-state index contributed by atoms with van der Waals surface area (Å²) < 4.78 is 0. The average molecular weight is 1960 g/mol. The Labute approximate surface area is 516 Å². The molecule has 0 aromatic carbocycles. The van der Waals surface area contributed by atoms with Crippen molar-refractivity contribution in [2.24, 2.45) is 128 Å². The molecule has 72 nitrogen and oxygen atoms in total. The molecule has 0 atom stereocenters. The third kappa shape index (κ3) is 3270. The topological polar surface area (TPSA) is 1260 Å². The van der Waals surface area contributed by atoms with Gasteiger partial charge in [0.05, 0.1) is 0 Å². The van der Waals surface area contributed by atoms with Crippen LogP contribution in [0.3, 0.4) is 0 Å². The van der Waals surface area contributed by atoms with E-state index in [0.717, 1.165) is 128 Å². The maximum absolute atomic E-state index is 8.00. The summed E-state index contributed by atoms with van der Waals surface area (Å²) in [7, 11) is 0. The Balaban J connectivity index is -0.0000000105. The maximum atomic E-state index is 8.00. The molecule has 0 N–H and O–H groups in total. The first-order chi connectivity index (χ1) is 33.9. The molecule has 480 valence electrons. The Morgan fingerprint density at radius 1 is 0.101 bits per heavy atom. The third-order valence-corrected chi connectivity index (χ3v) is 0. The van der Waals surface area contributed by atoms with Gasteiger partial charge in [0.2, 0.25) is 0 Å². The van der Waals surface area contributed by atoms with Crippen molar-refractivity contribution < 1.29 is 67.1 Å². The van der Waals surface area contributed by atoms with E-state index in [1.165, 1.54) is 0 Å². The molecular formula is Co4N24O48Pb3-24. The summed E-state index contributed by atoms with van der Waals surface area (Å²) in [5.41, 5.74) is 0. The Kier molecular flexibility index (Phi) is 4180. The van der Waals surface area contributed by atoms with Crippen molar-refractivity contribution in [1.29, 1.82) is 0 Å². The van der Waals surface area contributed by atoms with E-state index < -0.39 is 0 Å². The molecule has 0 fully saturated rings. The number of hydrogen-bond acceptors (Lipinski definition) is 72. The van der Waals surface area contributed by atoms with Crippen molar-refractivity contribution in [3.8, 4) is 0 Å². The second-order valence-corrected chi connectivity index (χ2v) is 1.79. The molecule has 0 amide bonds. The summed E-state index contributed by atoms with van der Waals surface area (Å²) in [6, 6.07) is 0. The molecule has 0 aliphatic carbocycles. The molecule has 0 spiro atoms. The maximum Gasteiger partial charge on any atom is 0 e. The van der Waals surface area contributed by atoms with Gasteiger partial charge in [-0.05, 0) is 0 Å². The molecule has 79 heteroatoms. The summed E-state index contributed by atoms with van der Waals surface area (Å²) in [6.07, 6.45) is 0. The van der Waals surface area contributed by atoms with Crippen LogP contribution in [0.25, 0.3) is 0 Å². The second kappa shape index (κ2) is 1500. The molecule has 0 aliphatic rings. The van der Waals surface area contributed by atoms with Gasteiger partial charge in [0, 0.05) is 149 Å². The van der Waals surface area contributed by atoms with Crippen LogP contribution in [-0.4, -0.2) is 81.9 Å². The minimum atomic E-state index is 0. The van der Waals surface area contributed by atoms with Crippen LogP contribution in [-0.2, 0) is 67.1 Å². The van der Waals surface area contributed by atoms with Gasteiger partial charge in [-0.15, -0.1) is 128 Å². The minimum Gasteiger partial charge on any atom is -0.444 e. The second-order valence-electron chi connectivity index (χ2n) is 1.79. The Morgan fingerprint density at radius 3 is 0.101 bits per heavy atom. The van der Waals surface area contributed by atoms with Gasteiger partial charge in [0.1, 0.15) is 0 Å². The van der Waals surface area contributed by atoms with E-state index in [-0.39, 0.29) is 149 Å². The summed E-state index contributed by atoms with van der Waals surface area (Å²) >= 11 is 0. The van der Waals surface area contributed by atoms with Crippen LogP contribution < -0.4 is 0 Å². The molecule has 0 bridgehead atoms. The predicted molar refractivity (Wildman–Crippen MR) is 237 cm³/mol. The first-order valence-electron chi connectivity index (χ1n) is 8.76. The standard InChI is InChI=1S/4Co.24HNO2.3Pb/c;;;;24*2-1-3;;;/h;;;;24*(H,2,3);;;/p-24. The van der Waals surface area contributed by atoms with Crippen LogP contribution in [0.5, 0.6) is 0 Å². The molecule has 0 saturated carbocycles. The Bertz CT molecular complexity index is 617. The van der Waals surface area contributed by atoms with Crippen LogP contribution in [0.2, 0.25) is 0 Å². The van der Waals surface area contributed by atoms with Crippen LogP contribution >= 0.6 is 0 Å². The van der Waals surface area contributed by atoms with Gasteiger partial charge in [-0.1, -0.05) is 0 Å². The molecule has 0 aromatic rings. The summed E-state index contributed by atoms with van der Waals surface area (Å²) in [5, 5.41) is 216. The molecule has 79 heavy (non-hydrogen) atoms. The number of hydrogen-bond donors (Lipinski definition) is 0. The SMILES string of the molecule is O=N[O-].O=N[O-].O=N[O-].O=N[O-].O=N[O-].O=N[O-].O=N[O-].O=N[O-].O=N[O-].O=N[O-].O=N[O-].O=N[O-].O=N[O-].O=N[O-].O=N[O-].O=N[O-].O=N[O-].O=N[O-].O=N[O-].O=N[O-].O=N[O-].O=N[O-].O=N[O-].O=N[O-].[Co].[Co].[Co].[Co].[Pb].[Pb].[Pb]. The van der Waals surface area contributed by atoms with E-state index in [1.807, 2.05) is 0 Å². The van der Waals surface area contributed by atoms with E-state index in [4.69, 9.17) is 243 Å². The molecule has 0 rings (SSSR count). The summed E-state index contributed by atoms with van der Waals surface area (Å²) in [4.78, 5) is 192. The fourth-order valence-electron chi connectivity index (χ4n) is 0. The van der Waals surface area contributed by atoms with Gasteiger partial charge >= 0.3 is 0 Å². The van der Waals surface area contributed by atoms with Crippen LogP contribution in [0.15, 0.2) is 128 Å². The van der Waals surface area contributed by atoms with Crippen molar-refractivity contribution in [2.45, 2.75) is 0 Å². The molecule has 16 radical (unpaired) electrons. The van der Waals surface area contributed by atoms with Crippen molar-refractivity contribution in [1.82, 2.24) is 0 Å². The van der Waals surface area contributed by atoms with E-state index in [2.05, 4.69) is 0 Å². The predicted octanol–water partition coefficient (Wildman–Crippen LogP) is 4.86. The monoisotopic (exact) mass is 1960 g/mol. The fraction of sp³-hybridized carbons (Fsp3) is 0. The van der Waals surface area contributed by atoms with Crippen molar-refractivity contribution in [2.75, 3.05) is 0 Å². The molecule has 0 unspecified atom stereocenters. The molecule has 0 heterocycles. The largest absolute Gasteiger partial charge is 0.444 e. The third-order valence-electron chi connectivity index (χ3n) is 0. The first-order valence-corrected chi connectivity index (χ1v) is 8.76. The zero-order valence-corrected chi connectivity index (χ0v) is 49.0.